The number of sulfonamides is 1. The first-order chi connectivity index (χ1) is 19.1. The van der Waals surface area contributed by atoms with E-state index in [0.29, 0.717) is 43.1 Å². The van der Waals surface area contributed by atoms with Gasteiger partial charge in [0.05, 0.1) is 25.8 Å². The molecular weight excluding hydrogens is 540 g/mol. The molecule has 12 nitrogen and oxygen atoms in total. The molecule has 2 N–H and O–H groups in total. The first-order valence-electron chi connectivity index (χ1n) is 13.3. The average Bonchev–Trinajstić information content (AvgIpc) is 3.26. The largest absolute Gasteiger partial charge is 0.618 e. The molecule has 2 aliphatic rings. The second-order valence-electron chi connectivity index (χ2n) is 10.2. The lowest BCUT2D eigenvalue weighted by atomic mass is 10.0. The van der Waals surface area contributed by atoms with Crippen LogP contribution in [0.4, 0.5) is 0 Å². The van der Waals surface area contributed by atoms with Crippen LogP contribution in [0.1, 0.15) is 49.9 Å². The third kappa shape index (κ3) is 6.89. The molecule has 40 heavy (non-hydrogen) atoms. The van der Waals surface area contributed by atoms with Gasteiger partial charge in [-0.2, -0.15) is 9.04 Å². The fraction of sp³-hybridized carbons (Fsp3) is 0.481. The van der Waals surface area contributed by atoms with Crippen molar-refractivity contribution in [3.63, 3.8) is 0 Å². The normalized spacial score (nSPS) is 18.9. The Hall–Kier alpha value is -3.71. The Morgan fingerprint density at radius 1 is 1.12 bits per heavy atom. The first kappa shape index (κ1) is 29.3. The molecule has 0 bridgehead atoms. The van der Waals surface area contributed by atoms with E-state index in [4.69, 9.17) is 9.47 Å². The zero-order chi connectivity index (χ0) is 28.9. The molecule has 4 rings (SSSR count). The Balaban J connectivity index is 1.44. The fourth-order valence-electron chi connectivity index (χ4n) is 4.62. The number of carbonyl (C=O) groups excluding carboxylic acids is 3. The minimum Gasteiger partial charge on any atom is -0.618 e. The Bertz CT molecular complexity index is 1360. The van der Waals surface area contributed by atoms with Gasteiger partial charge in [0.1, 0.15) is 6.04 Å². The minimum absolute atomic E-state index is 0.0195. The van der Waals surface area contributed by atoms with Crippen LogP contribution in [0.25, 0.3) is 0 Å². The van der Waals surface area contributed by atoms with Gasteiger partial charge in [-0.05, 0) is 49.4 Å². The maximum atomic E-state index is 13.3. The molecule has 2 aliphatic heterocycles. The number of nitrogens with zero attached hydrogens (tertiary/aromatic N) is 2. The molecule has 216 valence electrons. The predicted molar refractivity (Wildman–Crippen MR) is 143 cm³/mol. The number of fused-ring (bicyclic) bond motifs is 1. The number of hydrogen-bond acceptors (Lipinski definition) is 8. The van der Waals surface area contributed by atoms with Crippen LogP contribution in [0.15, 0.2) is 47.6 Å². The summed E-state index contributed by atoms with van der Waals surface area (Å²) in [6.07, 6.45) is 2.63. The molecule has 13 heteroatoms. The van der Waals surface area contributed by atoms with Gasteiger partial charge in [-0.1, -0.05) is 13.8 Å². The number of rotatable bonds is 8. The Kier molecular flexibility index (Phi) is 9.25. The van der Waals surface area contributed by atoms with Crippen LogP contribution in [-0.2, 0) is 19.6 Å². The predicted octanol–water partition coefficient (Wildman–Crippen LogP) is 1.16. The van der Waals surface area contributed by atoms with Gasteiger partial charge in [0, 0.05) is 30.7 Å². The summed E-state index contributed by atoms with van der Waals surface area (Å²) in [4.78, 5) is 39.4. The fourth-order valence-corrected chi connectivity index (χ4v) is 6.09. The topological polar surface area (TPSA) is 158 Å². The number of pyridine rings is 1. The van der Waals surface area contributed by atoms with Crippen molar-refractivity contribution < 1.29 is 37.0 Å². The highest BCUT2D eigenvalue weighted by Gasteiger charge is 2.37. The number of aromatic nitrogens is 1. The van der Waals surface area contributed by atoms with E-state index < -0.39 is 51.3 Å². The zero-order valence-corrected chi connectivity index (χ0v) is 23.3. The van der Waals surface area contributed by atoms with E-state index in [1.165, 1.54) is 18.2 Å². The average molecular weight is 575 g/mol. The molecule has 1 unspecified atom stereocenters. The number of carbonyl (C=O) groups is 3. The van der Waals surface area contributed by atoms with E-state index in [1.807, 2.05) is 13.8 Å². The van der Waals surface area contributed by atoms with Crippen molar-refractivity contribution in [2.45, 2.75) is 56.6 Å². The van der Waals surface area contributed by atoms with E-state index in [9.17, 15) is 28.0 Å². The lowest BCUT2D eigenvalue weighted by Crippen LogP contribution is -2.52. The van der Waals surface area contributed by atoms with Crippen LogP contribution in [0, 0.1) is 11.1 Å². The molecule has 3 heterocycles. The van der Waals surface area contributed by atoms with Crippen LogP contribution in [0.3, 0.4) is 0 Å². The third-order valence-corrected chi connectivity index (χ3v) is 8.51. The molecule has 1 saturated heterocycles. The van der Waals surface area contributed by atoms with Crippen LogP contribution >= 0.6 is 0 Å². The number of amides is 2. The van der Waals surface area contributed by atoms with E-state index in [1.54, 1.807) is 18.2 Å². The molecule has 0 radical (unpaired) electrons. The summed E-state index contributed by atoms with van der Waals surface area (Å²) in [7, 11) is -4.21. The lowest BCUT2D eigenvalue weighted by molar-refractivity contribution is -0.646. The van der Waals surface area contributed by atoms with Gasteiger partial charge in [0.2, 0.25) is 5.91 Å². The van der Waals surface area contributed by atoms with E-state index in [2.05, 4.69) is 10.6 Å². The number of nitrogens with one attached hydrogen (secondary N) is 2. The molecule has 2 aromatic rings. The summed E-state index contributed by atoms with van der Waals surface area (Å²) < 4.78 is 38.5. The summed E-state index contributed by atoms with van der Waals surface area (Å²) >= 11 is 0. The molecular formula is C27H34N4O8S. The van der Waals surface area contributed by atoms with Crippen molar-refractivity contribution in [2.24, 2.45) is 5.92 Å². The van der Waals surface area contributed by atoms with E-state index in [-0.39, 0.29) is 23.6 Å². The van der Waals surface area contributed by atoms with Crippen LogP contribution in [-0.4, -0.2) is 68.7 Å². The molecule has 1 aromatic heterocycles. The van der Waals surface area contributed by atoms with Gasteiger partial charge >= 0.3 is 15.0 Å². The van der Waals surface area contributed by atoms with Gasteiger partial charge in [0.15, 0.2) is 23.5 Å². The number of ketones is 1. The highest BCUT2D eigenvalue weighted by molar-refractivity contribution is 7.89. The van der Waals surface area contributed by atoms with Gasteiger partial charge in [-0.15, -0.1) is 0 Å². The standard InChI is InChI=1S/C27H34N4O8S/c1-18(2)15-21(29-26(33)19-9-10-23-24(16-19)39-14-6-13-38-23)27(34)28-20-7-5-11-30(17-22(20)32)40(36,37)25-8-3-4-12-31(25)35/h3-4,8-10,12,16,18,20-21H,5-7,11,13-15,17H2,1-2H3,(H,28,34)(H,29,33)/t20-,21?/m0/s1. The zero-order valence-electron chi connectivity index (χ0n) is 22.5. The van der Waals surface area contributed by atoms with Crippen molar-refractivity contribution >= 4 is 27.6 Å². The third-order valence-electron chi connectivity index (χ3n) is 6.67. The maximum absolute atomic E-state index is 13.3. The number of hydrogen-bond donors (Lipinski definition) is 2. The molecule has 0 aliphatic carbocycles. The van der Waals surface area contributed by atoms with Crippen molar-refractivity contribution in [1.29, 1.82) is 0 Å². The molecule has 2 amide bonds. The highest BCUT2D eigenvalue weighted by Crippen LogP contribution is 2.30. The van der Waals surface area contributed by atoms with E-state index in [0.717, 1.165) is 16.9 Å². The monoisotopic (exact) mass is 574 g/mol. The summed E-state index contributed by atoms with van der Waals surface area (Å²) in [5, 5.41) is 17.1. The quantitative estimate of drug-likeness (QED) is 0.351. The summed E-state index contributed by atoms with van der Waals surface area (Å²) in [6, 6.07) is 6.97. The van der Waals surface area contributed by atoms with Crippen LogP contribution in [0.2, 0.25) is 0 Å². The number of Topliss-reactive ketones (excluding diaryl/α,β-unsaturated/α-hetero) is 1. The van der Waals surface area contributed by atoms with Crippen LogP contribution in [0.5, 0.6) is 11.5 Å². The van der Waals surface area contributed by atoms with Crippen molar-refractivity contribution in [3.8, 4) is 11.5 Å². The van der Waals surface area contributed by atoms with Crippen LogP contribution < -0.4 is 24.8 Å². The summed E-state index contributed by atoms with van der Waals surface area (Å²) in [6.45, 7) is 4.33. The highest BCUT2D eigenvalue weighted by atomic mass is 32.2. The van der Waals surface area contributed by atoms with Gasteiger partial charge in [-0.25, -0.2) is 8.42 Å². The number of benzene rings is 1. The van der Waals surface area contributed by atoms with Gasteiger partial charge in [-0.3, -0.25) is 14.4 Å². The van der Waals surface area contributed by atoms with Crippen molar-refractivity contribution in [3.05, 3.63) is 53.4 Å². The molecule has 2 atom stereocenters. The Labute approximate surface area is 233 Å². The Morgan fingerprint density at radius 3 is 2.60 bits per heavy atom. The maximum Gasteiger partial charge on any atom is 0.323 e. The second kappa shape index (κ2) is 12.6. The van der Waals surface area contributed by atoms with Gasteiger partial charge < -0.3 is 25.3 Å². The molecule has 0 spiro atoms. The smallest absolute Gasteiger partial charge is 0.323 e. The second-order valence-corrected chi connectivity index (χ2v) is 12.1. The summed E-state index contributed by atoms with van der Waals surface area (Å²) in [5.74, 6) is -0.459. The van der Waals surface area contributed by atoms with E-state index >= 15 is 0 Å². The molecule has 0 saturated carbocycles. The Morgan fingerprint density at radius 2 is 1.88 bits per heavy atom. The lowest BCUT2D eigenvalue weighted by Gasteiger charge is -2.23. The SMILES string of the molecule is CC(C)CC(NC(=O)c1ccc2c(c1)OCCCO2)C(=O)N[C@H]1CCCN(S(=O)(=O)c2cccc[n+]2[O-])CC1=O. The van der Waals surface area contributed by atoms with Gasteiger partial charge in [0.25, 0.3) is 5.91 Å². The molecule has 1 aromatic carbocycles. The minimum atomic E-state index is -4.21. The molecule has 1 fully saturated rings. The first-order valence-corrected chi connectivity index (χ1v) is 14.7. The number of ether oxygens (including phenoxy) is 2. The summed E-state index contributed by atoms with van der Waals surface area (Å²) in [5.41, 5.74) is 0.300. The van der Waals surface area contributed by atoms with Crippen molar-refractivity contribution in [1.82, 2.24) is 14.9 Å². The van der Waals surface area contributed by atoms with Crippen molar-refractivity contribution in [2.75, 3.05) is 26.3 Å².